The maximum Gasteiger partial charge on any atom is 0.123 e. The first-order chi connectivity index (χ1) is 12.3. The average Bonchev–Trinajstić information content (AvgIpc) is 2.67. The Kier molecular flexibility index (Phi) is 4.63. The van der Waals surface area contributed by atoms with Crippen LogP contribution >= 0.6 is 11.8 Å². The van der Waals surface area contributed by atoms with E-state index in [1.807, 2.05) is 23.9 Å². The second kappa shape index (κ2) is 7.05. The number of hydrogen-bond acceptors (Lipinski definition) is 1. The summed E-state index contributed by atoms with van der Waals surface area (Å²) >= 11 is 1.96. The van der Waals surface area contributed by atoms with Crippen molar-refractivity contribution in [3.8, 4) is 22.3 Å². The van der Waals surface area contributed by atoms with Gasteiger partial charge in [0.2, 0.25) is 0 Å². The number of halogens is 1. The highest BCUT2D eigenvalue weighted by Gasteiger charge is 2.15. The van der Waals surface area contributed by atoms with Crippen molar-refractivity contribution in [1.29, 1.82) is 0 Å². The topological polar surface area (TPSA) is 0 Å². The standard InChI is InChI=1S/C23H21FS/c1-2-16-5-3-7-21(23(16)18-10-12-20(24)13-11-18)19-9-8-17-6-4-14-25-22(17)15-19/h3,5,7-13,15H,2,4,6,14H2,1H3. The van der Waals surface area contributed by atoms with E-state index in [-0.39, 0.29) is 5.82 Å². The third-order valence-electron chi connectivity index (χ3n) is 4.89. The van der Waals surface area contributed by atoms with Crippen LogP contribution in [0.3, 0.4) is 0 Å². The van der Waals surface area contributed by atoms with Gasteiger partial charge in [0.15, 0.2) is 0 Å². The minimum atomic E-state index is -0.190. The molecule has 25 heavy (non-hydrogen) atoms. The van der Waals surface area contributed by atoms with E-state index >= 15 is 0 Å². The highest BCUT2D eigenvalue weighted by molar-refractivity contribution is 7.99. The molecule has 0 amide bonds. The molecule has 1 heterocycles. The van der Waals surface area contributed by atoms with E-state index in [0.29, 0.717) is 0 Å². The summed E-state index contributed by atoms with van der Waals surface area (Å²) in [5.41, 5.74) is 7.57. The highest BCUT2D eigenvalue weighted by Crippen LogP contribution is 2.39. The van der Waals surface area contributed by atoms with Crippen LogP contribution in [0.4, 0.5) is 4.39 Å². The third kappa shape index (κ3) is 3.23. The zero-order valence-corrected chi connectivity index (χ0v) is 15.2. The van der Waals surface area contributed by atoms with Gasteiger partial charge in [-0.05, 0) is 76.6 Å². The second-order valence-corrected chi connectivity index (χ2v) is 7.61. The van der Waals surface area contributed by atoms with Crippen LogP contribution in [-0.4, -0.2) is 5.75 Å². The van der Waals surface area contributed by atoms with Crippen LogP contribution in [0.25, 0.3) is 22.3 Å². The van der Waals surface area contributed by atoms with E-state index in [9.17, 15) is 4.39 Å². The Morgan fingerprint density at radius 2 is 1.76 bits per heavy atom. The molecule has 0 saturated heterocycles. The molecule has 1 aliphatic rings. The number of hydrogen-bond donors (Lipinski definition) is 0. The van der Waals surface area contributed by atoms with Gasteiger partial charge in [0.1, 0.15) is 5.82 Å². The lowest BCUT2D eigenvalue weighted by molar-refractivity contribution is 0.628. The summed E-state index contributed by atoms with van der Waals surface area (Å²) in [5.74, 6) is 1.01. The largest absolute Gasteiger partial charge is 0.207 e. The maximum absolute atomic E-state index is 13.4. The highest BCUT2D eigenvalue weighted by atomic mass is 32.2. The summed E-state index contributed by atoms with van der Waals surface area (Å²) in [4.78, 5) is 1.41. The number of thioether (sulfide) groups is 1. The average molecular weight is 348 g/mol. The summed E-state index contributed by atoms with van der Waals surface area (Å²) in [7, 11) is 0. The summed E-state index contributed by atoms with van der Waals surface area (Å²) in [6, 6.07) is 20.2. The number of rotatable bonds is 3. The van der Waals surface area contributed by atoms with Crippen LogP contribution < -0.4 is 0 Å². The molecule has 3 aromatic rings. The Hall–Kier alpha value is -2.06. The second-order valence-electron chi connectivity index (χ2n) is 6.47. The fraction of sp³-hybridized carbons (Fsp3) is 0.217. The zero-order chi connectivity index (χ0) is 17.2. The van der Waals surface area contributed by atoms with E-state index < -0.39 is 0 Å². The fourth-order valence-corrected chi connectivity index (χ4v) is 4.67. The molecule has 0 bridgehead atoms. The van der Waals surface area contributed by atoms with Gasteiger partial charge >= 0.3 is 0 Å². The Labute approximate surface area is 153 Å². The Balaban J connectivity index is 1.89. The molecule has 3 aromatic carbocycles. The van der Waals surface area contributed by atoms with E-state index in [1.165, 1.54) is 51.3 Å². The van der Waals surface area contributed by atoms with Gasteiger partial charge in [0.25, 0.3) is 0 Å². The summed E-state index contributed by atoms with van der Waals surface area (Å²) in [6.45, 7) is 2.18. The summed E-state index contributed by atoms with van der Waals surface area (Å²) in [5, 5.41) is 0. The minimum Gasteiger partial charge on any atom is -0.207 e. The predicted molar refractivity (Wildman–Crippen MR) is 106 cm³/mol. The van der Waals surface area contributed by atoms with Crippen molar-refractivity contribution < 1.29 is 4.39 Å². The van der Waals surface area contributed by atoms with Crippen LogP contribution in [0.15, 0.2) is 65.6 Å². The van der Waals surface area contributed by atoms with Gasteiger partial charge in [0, 0.05) is 4.90 Å². The zero-order valence-electron chi connectivity index (χ0n) is 14.4. The minimum absolute atomic E-state index is 0.190. The molecule has 0 nitrogen and oxygen atoms in total. The van der Waals surface area contributed by atoms with Crippen molar-refractivity contribution in [2.75, 3.05) is 5.75 Å². The Morgan fingerprint density at radius 3 is 2.56 bits per heavy atom. The van der Waals surface area contributed by atoms with Crippen molar-refractivity contribution in [2.24, 2.45) is 0 Å². The van der Waals surface area contributed by atoms with Crippen LogP contribution in [0.1, 0.15) is 24.5 Å². The molecule has 0 aliphatic carbocycles. The molecular formula is C23H21FS. The molecule has 0 atom stereocenters. The first-order valence-corrected chi connectivity index (χ1v) is 9.89. The van der Waals surface area contributed by atoms with E-state index in [4.69, 9.17) is 0 Å². The molecule has 0 fully saturated rings. The van der Waals surface area contributed by atoms with E-state index in [0.717, 1.165) is 12.0 Å². The molecule has 0 N–H and O–H groups in total. The van der Waals surface area contributed by atoms with Crippen LogP contribution in [0.5, 0.6) is 0 Å². The Bertz CT molecular complexity index is 896. The quantitative estimate of drug-likeness (QED) is 0.504. The van der Waals surface area contributed by atoms with Gasteiger partial charge in [-0.3, -0.25) is 0 Å². The van der Waals surface area contributed by atoms with Gasteiger partial charge in [-0.1, -0.05) is 49.4 Å². The molecule has 0 spiro atoms. The van der Waals surface area contributed by atoms with Crippen LogP contribution in [-0.2, 0) is 12.8 Å². The number of fused-ring (bicyclic) bond motifs is 1. The van der Waals surface area contributed by atoms with Crippen molar-refractivity contribution in [3.05, 3.63) is 77.6 Å². The normalized spacial score (nSPS) is 13.5. The molecule has 0 unspecified atom stereocenters. The molecule has 126 valence electrons. The molecular weight excluding hydrogens is 327 g/mol. The third-order valence-corrected chi connectivity index (χ3v) is 6.07. The monoisotopic (exact) mass is 348 g/mol. The van der Waals surface area contributed by atoms with Gasteiger partial charge in [-0.25, -0.2) is 4.39 Å². The van der Waals surface area contributed by atoms with E-state index in [1.54, 1.807) is 12.1 Å². The lowest BCUT2D eigenvalue weighted by Crippen LogP contribution is -1.99. The lowest BCUT2D eigenvalue weighted by Gasteiger charge is -2.19. The van der Waals surface area contributed by atoms with Crippen molar-refractivity contribution in [2.45, 2.75) is 31.1 Å². The van der Waals surface area contributed by atoms with Gasteiger partial charge in [-0.15, -0.1) is 11.8 Å². The van der Waals surface area contributed by atoms with Crippen LogP contribution in [0.2, 0.25) is 0 Å². The summed E-state index contributed by atoms with van der Waals surface area (Å²) in [6.07, 6.45) is 3.41. The van der Waals surface area contributed by atoms with Gasteiger partial charge < -0.3 is 0 Å². The number of aryl methyl sites for hydroxylation is 2. The first-order valence-electron chi connectivity index (χ1n) is 8.90. The van der Waals surface area contributed by atoms with E-state index in [2.05, 4.69) is 43.3 Å². The van der Waals surface area contributed by atoms with Crippen LogP contribution in [0, 0.1) is 5.82 Å². The molecule has 1 aliphatic heterocycles. The molecule has 0 aromatic heterocycles. The van der Waals surface area contributed by atoms with Crippen molar-refractivity contribution >= 4 is 11.8 Å². The fourth-order valence-electron chi connectivity index (χ4n) is 3.60. The molecule has 2 heteroatoms. The summed E-state index contributed by atoms with van der Waals surface area (Å²) < 4.78 is 13.4. The first kappa shape index (κ1) is 16.4. The lowest BCUT2D eigenvalue weighted by atomic mass is 9.89. The SMILES string of the molecule is CCc1cccc(-c2ccc3c(c2)SCCC3)c1-c1ccc(F)cc1. The molecule has 0 saturated carbocycles. The molecule has 0 radical (unpaired) electrons. The van der Waals surface area contributed by atoms with Gasteiger partial charge in [-0.2, -0.15) is 0 Å². The molecule has 4 rings (SSSR count). The van der Waals surface area contributed by atoms with Crippen molar-refractivity contribution in [1.82, 2.24) is 0 Å². The maximum atomic E-state index is 13.4. The van der Waals surface area contributed by atoms with Crippen molar-refractivity contribution in [3.63, 3.8) is 0 Å². The smallest absolute Gasteiger partial charge is 0.123 e. The predicted octanol–water partition coefficient (Wildman–Crippen LogP) is 6.76. The Morgan fingerprint density at radius 1 is 0.960 bits per heavy atom. The number of benzene rings is 3. The van der Waals surface area contributed by atoms with Gasteiger partial charge in [0.05, 0.1) is 0 Å².